The van der Waals surface area contributed by atoms with Gasteiger partial charge in [-0.1, -0.05) is 29.8 Å². The molecule has 19 heavy (non-hydrogen) atoms. The average Bonchev–Trinajstić information content (AvgIpc) is 2.41. The van der Waals surface area contributed by atoms with Gasteiger partial charge in [-0.3, -0.25) is 4.98 Å². The average molecular weight is 258 g/mol. The van der Waals surface area contributed by atoms with E-state index in [4.69, 9.17) is 0 Å². The molecule has 2 rings (SSSR count). The van der Waals surface area contributed by atoms with Crippen molar-refractivity contribution < 1.29 is 4.39 Å². The Bertz CT molecular complexity index is 540. The Hall–Kier alpha value is -1.74. The molecular weight excluding hydrogens is 239 g/mol. The monoisotopic (exact) mass is 258 g/mol. The third-order valence-corrected chi connectivity index (χ3v) is 3.33. The Morgan fingerprint density at radius 2 is 2.16 bits per heavy atom. The molecule has 1 aromatic heterocycles. The van der Waals surface area contributed by atoms with Crippen LogP contribution >= 0.6 is 0 Å². The van der Waals surface area contributed by atoms with Crippen LogP contribution < -0.4 is 5.32 Å². The first kappa shape index (κ1) is 13.7. The standard InChI is InChI=1S/C16H19FN2/c1-12-4-3-5-13(10-12)6-7-16(18-2)14-8-9-19-11-15(14)17/h3-5,8-11,16,18H,6-7H2,1-2H3. The smallest absolute Gasteiger partial charge is 0.146 e. The maximum atomic E-state index is 13.7. The molecular formula is C16H19FN2. The van der Waals surface area contributed by atoms with E-state index >= 15 is 0 Å². The molecule has 2 aromatic rings. The predicted octanol–water partition coefficient (Wildman–Crippen LogP) is 3.42. The first-order valence-corrected chi connectivity index (χ1v) is 6.53. The van der Waals surface area contributed by atoms with Gasteiger partial charge in [-0.2, -0.15) is 0 Å². The van der Waals surface area contributed by atoms with E-state index in [1.807, 2.05) is 7.05 Å². The van der Waals surface area contributed by atoms with Crippen molar-refractivity contribution in [1.29, 1.82) is 0 Å². The Balaban J connectivity index is 2.06. The van der Waals surface area contributed by atoms with Crippen molar-refractivity contribution in [3.63, 3.8) is 0 Å². The number of nitrogens with one attached hydrogen (secondary N) is 1. The lowest BCUT2D eigenvalue weighted by Gasteiger charge is -2.17. The molecule has 0 amide bonds. The number of hydrogen-bond acceptors (Lipinski definition) is 2. The predicted molar refractivity (Wildman–Crippen MR) is 75.5 cm³/mol. The minimum atomic E-state index is -0.244. The SMILES string of the molecule is CNC(CCc1cccc(C)c1)c1ccncc1F. The van der Waals surface area contributed by atoms with Crippen LogP contribution in [-0.4, -0.2) is 12.0 Å². The highest BCUT2D eigenvalue weighted by Gasteiger charge is 2.13. The summed E-state index contributed by atoms with van der Waals surface area (Å²) in [6.07, 6.45) is 4.69. The van der Waals surface area contributed by atoms with Gasteiger partial charge in [0.2, 0.25) is 0 Å². The third kappa shape index (κ3) is 3.61. The van der Waals surface area contributed by atoms with Crippen molar-refractivity contribution >= 4 is 0 Å². The number of rotatable bonds is 5. The molecule has 0 saturated heterocycles. The summed E-state index contributed by atoms with van der Waals surface area (Å²) in [5.74, 6) is -0.244. The molecule has 1 heterocycles. The van der Waals surface area contributed by atoms with Crippen LogP contribution in [0.15, 0.2) is 42.7 Å². The van der Waals surface area contributed by atoms with Crippen LogP contribution in [0.5, 0.6) is 0 Å². The first-order valence-electron chi connectivity index (χ1n) is 6.53. The van der Waals surface area contributed by atoms with E-state index in [2.05, 4.69) is 41.5 Å². The van der Waals surface area contributed by atoms with Gasteiger partial charge in [0.25, 0.3) is 0 Å². The van der Waals surface area contributed by atoms with Crippen molar-refractivity contribution in [1.82, 2.24) is 10.3 Å². The summed E-state index contributed by atoms with van der Waals surface area (Å²) < 4.78 is 13.7. The number of pyridine rings is 1. The quantitative estimate of drug-likeness (QED) is 0.888. The second-order valence-electron chi connectivity index (χ2n) is 4.77. The van der Waals surface area contributed by atoms with Crippen molar-refractivity contribution in [2.24, 2.45) is 0 Å². The van der Waals surface area contributed by atoms with Gasteiger partial charge < -0.3 is 5.32 Å². The van der Waals surface area contributed by atoms with Gasteiger partial charge in [0.1, 0.15) is 5.82 Å². The van der Waals surface area contributed by atoms with E-state index in [-0.39, 0.29) is 11.9 Å². The van der Waals surface area contributed by atoms with Gasteiger partial charge in [0.15, 0.2) is 0 Å². The highest BCUT2D eigenvalue weighted by atomic mass is 19.1. The van der Waals surface area contributed by atoms with Gasteiger partial charge in [-0.05, 0) is 38.4 Å². The van der Waals surface area contributed by atoms with Crippen LogP contribution in [0.1, 0.15) is 29.2 Å². The number of aromatic nitrogens is 1. The van der Waals surface area contributed by atoms with Crippen LogP contribution in [0, 0.1) is 12.7 Å². The Kier molecular flexibility index (Phi) is 4.63. The van der Waals surface area contributed by atoms with E-state index in [9.17, 15) is 4.39 Å². The molecule has 0 bridgehead atoms. The molecule has 1 N–H and O–H groups in total. The Morgan fingerprint density at radius 1 is 1.32 bits per heavy atom. The molecule has 0 radical (unpaired) electrons. The number of aryl methyl sites for hydroxylation is 2. The normalized spacial score (nSPS) is 12.4. The first-order chi connectivity index (χ1) is 9.20. The Morgan fingerprint density at radius 3 is 2.84 bits per heavy atom. The van der Waals surface area contributed by atoms with Crippen molar-refractivity contribution in [2.45, 2.75) is 25.8 Å². The zero-order valence-corrected chi connectivity index (χ0v) is 11.4. The lowest BCUT2D eigenvalue weighted by Crippen LogP contribution is -2.18. The molecule has 0 aliphatic heterocycles. The minimum Gasteiger partial charge on any atom is -0.313 e. The molecule has 0 fully saturated rings. The zero-order chi connectivity index (χ0) is 13.7. The highest BCUT2D eigenvalue weighted by molar-refractivity contribution is 5.23. The summed E-state index contributed by atoms with van der Waals surface area (Å²) in [6.45, 7) is 2.08. The number of benzene rings is 1. The van der Waals surface area contributed by atoms with Gasteiger partial charge in [-0.25, -0.2) is 4.39 Å². The second kappa shape index (κ2) is 6.43. The molecule has 0 spiro atoms. The van der Waals surface area contributed by atoms with Crippen LogP contribution in [0.4, 0.5) is 4.39 Å². The molecule has 1 unspecified atom stereocenters. The molecule has 100 valence electrons. The molecule has 1 aromatic carbocycles. The van der Waals surface area contributed by atoms with Crippen molar-refractivity contribution in [2.75, 3.05) is 7.05 Å². The van der Waals surface area contributed by atoms with Gasteiger partial charge in [-0.15, -0.1) is 0 Å². The summed E-state index contributed by atoms with van der Waals surface area (Å²) in [5.41, 5.74) is 3.23. The van der Waals surface area contributed by atoms with Crippen molar-refractivity contribution in [3.05, 3.63) is 65.2 Å². The van der Waals surface area contributed by atoms with Crippen molar-refractivity contribution in [3.8, 4) is 0 Å². The topological polar surface area (TPSA) is 24.9 Å². The minimum absolute atomic E-state index is 0.0171. The van der Waals surface area contributed by atoms with Crippen LogP contribution in [0.2, 0.25) is 0 Å². The lowest BCUT2D eigenvalue weighted by molar-refractivity contribution is 0.506. The van der Waals surface area contributed by atoms with E-state index in [1.165, 1.54) is 17.3 Å². The maximum Gasteiger partial charge on any atom is 0.146 e. The third-order valence-electron chi connectivity index (χ3n) is 3.33. The van der Waals surface area contributed by atoms with E-state index in [1.54, 1.807) is 12.3 Å². The highest BCUT2D eigenvalue weighted by Crippen LogP contribution is 2.21. The van der Waals surface area contributed by atoms with E-state index in [0.717, 1.165) is 12.8 Å². The summed E-state index contributed by atoms with van der Waals surface area (Å²) in [4.78, 5) is 3.79. The molecule has 0 saturated carbocycles. The van der Waals surface area contributed by atoms with Crippen LogP contribution in [0.3, 0.4) is 0 Å². The van der Waals surface area contributed by atoms with Crippen LogP contribution in [-0.2, 0) is 6.42 Å². The number of halogens is 1. The fourth-order valence-electron chi connectivity index (χ4n) is 2.30. The summed E-state index contributed by atoms with van der Waals surface area (Å²) in [5, 5.41) is 3.18. The molecule has 1 atom stereocenters. The summed E-state index contributed by atoms with van der Waals surface area (Å²) in [7, 11) is 1.86. The van der Waals surface area contributed by atoms with Gasteiger partial charge in [0.05, 0.1) is 6.20 Å². The van der Waals surface area contributed by atoms with Gasteiger partial charge in [0, 0.05) is 17.8 Å². The van der Waals surface area contributed by atoms with E-state index in [0.29, 0.717) is 5.56 Å². The number of nitrogens with zero attached hydrogens (tertiary/aromatic N) is 1. The summed E-state index contributed by atoms with van der Waals surface area (Å²) >= 11 is 0. The fraction of sp³-hybridized carbons (Fsp3) is 0.312. The fourth-order valence-corrected chi connectivity index (χ4v) is 2.30. The Labute approximate surface area is 113 Å². The zero-order valence-electron chi connectivity index (χ0n) is 11.4. The molecule has 0 aliphatic rings. The van der Waals surface area contributed by atoms with Crippen LogP contribution in [0.25, 0.3) is 0 Å². The summed E-state index contributed by atoms with van der Waals surface area (Å²) in [6, 6.07) is 10.2. The second-order valence-corrected chi connectivity index (χ2v) is 4.77. The lowest BCUT2D eigenvalue weighted by atomic mass is 9.99. The molecule has 0 aliphatic carbocycles. The van der Waals surface area contributed by atoms with Gasteiger partial charge >= 0.3 is 0 Å². The molecule has 3 heteroatoms. The molecule has 2 nitrogen and oxygen atoms in total. The largest absolute Gasteiger partial charge is 0.313 e. The number of hydrogen-bond donors (Lipinski definition) is 1. The maximum absolute atomic E-state index is 13.7. The van der Waals surface area contributed by atoms with E-state index < -0.39 is 0 Å².